The summed E-state index contributed by atoms with van der Waals surface area (Å²) in [6, 6.07) is 6.07. The first-order chi connectivity index (χ1) is 12.9. The van der Waals surface area contributed by atoms with Gasteiger partial charge in [-0.2, -0.15) is 0 Å². The molecule has 6 rings (SSSR count). The molecule has 27 heavy (non-hydrogen) atoms. The van der Waals surface area contributed by atoms with E-state index in [1.165, 1.54) is 19.3 Å². The Kier molecular flexibility index (Phi) is 3.75. The quantitative estimate of drug-likeness (QED) is 0.865. The number of hydrogen-bond donors (Lipinski definition) is 2. The number of H-pyrrole nitrogens is 1. The Balaban J connectivity index is 1.38. The zero-order valence-electron chi connectivity index (χ0n) is 16.2. The number of hydrogen-bond acceptors (Lipinski definition) is 2. The van der Waals surface area contributed by atoms with Crippen molar-refractivity contribution in [2.45, 2.75) is 58.9 Å². The van der Waals surface area contributed by atoms with Gasteiger partial charge < -0.3 is 10.3 Å². The highest BCUT2D eigenvalue weighted by molar-refractivity contribution is 5.84. The van der Waals surface area contributed by atoms with E-state index in [-0.39, 0.29) is 16.9 Å². The van der Waals surface area contributed by atoms with Crippen LogP contribution in [-0.4, -0.2) is 10.9 Å². The van der Waals surface area contributed by atoms with Gasteiger partial charge in [0.05, 0.1) is 0 Å². The van der Waals surface area contributed by atoms with Gasteiger partial charge in [0.1, 0.15) is 0 Å². The summed E-state index contributed by atoms with van der Waals surface area (Å²) in [6.45, 7) is 4.41. The number of carbonyl (C=O) groups is 1. The Morgan fingerprint density at radius 3 is 2.33 bits per heavy atom. The zero-order chi connectivity index (χ0) is 18.8. The van der Waals surface area contributed by atoms with Crippen LogP contribution in [0, 0.1) is 37.0 Å². The molecule has 4 bridgehead atoms. The Hall–Kier alpha value is -2.10. The smallest absolute Gasteiger partial charge is 0.253 e. The maximum atomic E-state index is 13.1. The summed E-state index contributed by atoms with van der Waals surface area (Å²) in [5, 5.41) is 4.19. The number of fused-ring (bicyclic) bond motifs is 1. The van der Waals surface area contributed by atoms with Gasteiger partial charge in [-0.1, -0.05) is 6.07 Å². The zero-order valence-corrected chi connectivity index (χ0v) is 16.2. The summed E-state index contributed by atoms with van der Waals surface area (Å²) >= 11 is 0. The average molecular weight is 364 g/mol. The second-order valence-electron chi connectivity index (χ2n) is 9.55. The Morgan fingerprint density at radius 1 is 1.07 bits per heavy atom. The van der Waals surface area contributed by atoms with E-state index in [1.54, 1.807) is 0 Å². The van der Waals surface area contributed by atoms with Crippen molar-refractivity contribution < 1.29 is 4.79 Å². The van der Waals surface area contributed by atoms with Gasteiger partial charge in [0.25, 0.3) is 5.56 Å². The predicted octanol–water partition coefficient (Wildman–Crippen LogP) is 3.98. The maximum absolute atomic E-state index is 13.1. The molecule has 142 valence electrons. The summed E-state index contributed by atoms with van der Waals surface area (Å²) in [7, 11) is 0. The molecule has 0 radical (unpaired) electrons. The Morgan fingerprint density at radius 2 is 1.70 bits per heavy atom. The third-order valence-electron chi connectivity index (χ3n) is 7.35. The van der Waals surface area contributed by atoms with Crippen molar-refractivity contribution in [3.63, 3.8) is 0 Å². The third kappa shape index (κ3) is 2.81. The van der Waals surface area contributed by atoms with Gasteiger partial charge in [0, 0.05) is 28.4 Å². The maximum Gasteiger partial charge on any atom is 0.253 e. The average Bonchev–Trinajstić information content (AvgIpc) is 2.58. The van der Waals surface area contributed by atoms with Crippen LogP contribution in [-0.2, 0) is 11.3 Å². The van der Waals surface area contributed by atoms with E-state index >= 15 is 0 Å². The number of benzene rings is 1. The molecule has 4 aliphatic rings. The lowest BCUT2D eigenvalue weighted by molar-refractivity contribution is -0.146. The molecule has 0 saturated heterocycles. The second-order valence-corrected chi connectivity index (χ2v) is 9.55. The molecule has 0 spiro atoms. The molecule has 1 heterocycles. The fourth-order valence-electron chi connectivity index (χ4n) is 6.60. The van der Waals surface area contributed by atoms with Crippen molar-refractivity contribution in [1.29, 1.82) is 0 Å². The van der Waals surface area contributed by atoms with Gasteiger partial charge in [-0.05, 0) is 93.4 Å². The summed E-state index contributed by atoms with van der Waals surface area (Å²) in [4.78, 5) is 28.6. The number of aromatic nitrogens is 1. The SMILES string of the molecule is Cc1cc(C)c2cc(CNC(=O)C34CC5CC(CC(C5)C3)C4)c(=O)[nH]c2c1. The van der Waals surface area contributed by atoms with Crippen LogP contribution in [0.25, 0.3) is 10.9 Å². The van der Waals surface area contributed by atoms with Gasteiger partial charge in [0.15, 0.2) is 0 Å². The van der Waals surface area contributed by atoms with Crippen LogP contribution in [0.2, 0.25) is 0 Å². The second kappa shape index (κ2) is 5.95. The molecule has 1 amide bonds. The molecule has 0 atom stereocenters. The number of amides is 1. The van der Waals surface area contributed by atoms with Crippen LogP contribution in [0.1, 0.15) is 55.2 Å². The van der Waals surface area contributed by atoms with Crippen LogP contribution in [0.15, 0.2) is 23.0 Å². The van der Waals surface area contributed by atoms with E-state index < -0.39 is 0 Å². The summed E-state index contributed by atoms with van der Waals surface area (Å²) in [6.07, 6.45) is 7.15. The standard InChI is InChI=1S/C23H28N2O2/c1-13-3-14(2)19-8-18(21(26)25-20(19)4-13)12-24-22(27)23-9-15-5-16(10-23)7-17(6-15)11-23/h3-4,8,15-17H,5-7,9-12H2,1-2H3,(H,24,27)(H,25,26). The van der Waals surface area contributed by atoms with E-state index in [4.69, 9.17) is 0 Å². The van der Waals surface area contributed by atoms with E-state index in [9.17, 15) is 9.59 Å². The molecule has 1 aromatic carbocycles. The number of rotatable bonds is 3. The highest BCUT2D eigenvalue weighted by atomic mass is 16.2. The molecule has 4 saturated carbocycles. The number of carbonyl (C=O) groups excluding carboxylic acids is 1. The fraction of sp³-hybridized carbons (Fsp3) is 0.565. The van der Waals surface area contributed by atoms with Crippen LogP contribution >= 0.6 is 0 Å². The largest absolute Gasteiger partial charge is 0.351 e. The van der Waals surface area contributed by atoms with Crippen LogP contribution in [0.3, 0.4) is 0 Å². The highest BCUT2D eigenvalue weighted by Gasteiger charge is 2.54. The highest BCUT2D eigenvalue weighted by Crippen LogP contribution is 2.60. The molecule has 0 aliphatic heterocycles. The minimum Gasteiger partial charge on any atom is -0.351 e. The van der Waals surface area contributed by atoms with Crippen molar-refractivity contribution in [3.05, 3.63) is 45.2 Å². The first kappa shape index (κ1) is 17.0. The van der Waals surface area contributed by atoms with Crippen molar-refractivity contribution in [2.24, 2.45) is 23.2 Å². The lowest BCUT2D eigenvalue weighted by Gasteiger charge is -2.55. The van der Waals surface area contributed by atoms with Gasteiger partial charge >= 0.3 is 0 Å². The molecule has 0 unspecified atom stereocenters. The molecule has 4 nitrogen and oxygen atoms in total. The first-order valence-electron chi connectivity index (χ1n) is 10.3. The van der Waals surface area contributed by atoms with Crippen molar-refractivity contribution >= 4 is 16.8 Å². The van der Waals surface area contributed by atoms with Crippen LogP contribution in [0.5, 0.6) is 0 Å². The number of nitrogens with one attached hydrogen (secondary N) is 2. The number of aryl methyl sites for hydroxylation is 2. The Bertz CT molecular complexity index is 952. The topological polar surface area (TPSA) is 62.0 Å². The molecule has 4 aliphatic carbocycles. The van der Waals surface area contributed by atoms with Crippen LogP contribution < -0.4 is 10.9 Å². The van der Waals surface area contributed by atoms with E-state index in [1.807, 2.05) is 19.1 Å². The molecule has 2 aromatic rings. The van der Waals surface area contributed by atoms with Crippen molar-refractivity contribution in [1.82, 2.24) is 10.3 Å². The lowest BCUT2D eigenvalue weighted by Crippen LogP contribution is -2.53. The Labute approximate surface area is 159 Å². The third-order valence-corrected chi connectivity index (χ3v) is 7.35. The number of pyridine rings is 1. The van der Waals surface area contributed by atoms with E-state index in [0.29, 0.717) is 12.1 Å². The van der Waals surface area contributed by atoms with Crippen molar-refractivity contribution in [3.8, 4) is 0 Å². The minimum absolute atomic E-state index is 0.0988. The summed E-state index contributed by atoms with van der Waals surface area (Å²) in [5.74, 6) is 2.42. The normalized spacial score (nSPS) is 31.4. The van der Waals surface area contributed by atoms with Gasteiger partial charge in [0.2, 0.25) is 5.91 Å². The molecule has 1 aromatic heterocycles. The van der Waals surface area contributed by atoms with Gasteiger partial charge in [-0.3, -0.25) is 9.59 Å². The monoisotopic (exact) mass is 364 g/mol. The fourth-order valence-corrected chi connectivity index (χ4v) is 6.60. The summed E-state index contributed by atoms with van der Waals surface area (Å²) < 4.78 is 0. The molecule has 4 heteroatoms. The van der Waals surface area contributed by atoms with Crippen LogP contribution in [0.4, 0.5) is 0 Å². The first-order valence-corrected chi connectivity index (χ1v) is 10.3. The molecular formula is C23H28N2O2. The minimum atomic E-state index is -0.161. The van der Waals surface area contributed by atoms with Crippen molar-refractivity contribution in [2.75, 3.05) is 0 Å². The van der Waals surface area contributed by atoms with Gasteiger partial charge in [-0.15, -0.1) is 0 Å². The van der Waals surface area contributed by atoms with E-state index in [0.717, 1.165) is 59.0 Å². The number of aromatic amines is 1. The van der Waals surface area contributed by atoms with Gasteiger partial charge in [-0.25, -0.2) is 0 Å². The van der Waals surface area contributed by atoms with E-state index in [2.05, 4.69) is 23.3 Å². The molecule has 4 fully saturated rings. The molecular weight excluding hydrogens is 336 g/mol. The lowest BCUT2D eigenvalue weighted by atomic mass is 9.49. The summed E-state index contributed by atoms with van der Waals surface area (Å²) in [5.41, 5.74) is 3.54. The molecule has 2 N–H and O–H groups in total. The predicted molar refractivity (Wildman–Crippen MR) is 106 cm³/mol.